The number of anilines is 1. The number of ether oxygens (including phenoxy) is 1. The van der Waals surface area contributed by atoms with Gasteiger partial charge in [-0.2, -0.15) is 0 Å². The van der Waals surface area contributed by atoms with Gasteiger partial charge in [0.05, 0.1) is 17.9 Å². The molecule has 0 unspecified atom stereocenters. The van der Waals surface area contributed by atoms with Crippen molar-refractivity contribution in [1.82, 2.24) is 9.97 Å². The van der Waals surface area contributed by atoms with Gasteiger partial charge in [-0.15, -0.1) is 0 Å². The zero-order chi connectivity index (χ0) is 20.7. The van der Waals surface area contributed by atoms with Crippen LogP contribution >= 0.6 is 0 Å². The molecule has 8 nitrogen and oxygen atoms in total. The number of nitrogens with one attached hydrogen (secondary N) is 2. The lowest BCUT2D eigenvalue weighted by molar-refractivity contribution is -0.124. The summed E-state index contributed by atoms with van der Waals surface area (Å²) in [5, 5.41) is 2.62. The molecule has 2 rings (SSSR count). The SMILES string of the molecule is CCCOc1ccc(NC(=O)CC(N)=O)cc1-c1nc(CC)c(CC)c(=O)[nH]1. The molecule has 0 radical (unpaired) electrons. The molecule has 0 saturated heterocycles. The van der Waals surface area contributed by atoms with Gasteiger partial charge in [-0.3, -0.25) is 14.4 Å². The minimum atomic E-state index is -0.714. The summed E-state index contributed by atoms with van der Waals surface area (Å²) in [6.07, 6.45) is 1.62. The number of nitrogens with zero attached hydrogens (tertiary/aromatic N) is 1. The molecule has 0 bridgehead atoms. The topological polar surface area (TPSA) is 127 Å². The molecular formula is C20H26N4O4. The Morgan fingerprint density at radius 2 is 1.96 bits per heavy atom. The summed E-state index contributed by atoms with van der Waals surface area (Å²) in [5.74, 6) is -0.313. The van der Waals surface area contributed by atoms with E-state index in [-0.39, 0.29) is 5.56 Å². The van der Waals surface area contributed by atoms with Crippen LogP contribution in [0.25, 0.3) is 11.4 Å². The summed E-state index contributed by atoms with van der Waals surface area (Å²) in [7, 11) is 0. The monoisotopic (exact) mass is 386 g/mol. The van der Waals surface area contributed by atoms with Crippen LogP contribution in [0.5, 0.6) is 5.75 Å². The average molecular weight is 386 g/mol. The van der Waals surface area contributed by atoms with Crippen LogP contribution in [0.3, 0.4) is 0 Å². The highest BCUT2D eigenvalue weighted by atomic mass is 16.5. The summed E-state index contributed by atoms with van der Waals surface area (Å²) in [6.45, 7) is 6.34. The van der Waals surface area contributed by atoms with Crippen LogP contribution in [0.4, 0.5) is 5.69 Å². The molecule has 0 saturated carbocycles. The maximum absolute atomic E-state index is 12.5. The van der Waals surface area contributed by atoms with Crippen molar-refractivity contribution in [3.05, 3.63) is 39.8 Å². The van der Waals surface area contributed by atoms with E-state index in [9.17, 15) is 14.4 Å². The van der Waals surface area contributed by atoms with Crippen molar-refractivity contribution >= 4 is 17.5 Å². The van der Waals surface area contributed by atoms with E-state index < -0.39 is 18.2 Å². The summed E-state index contributed by atoms with van der Waals surface area (Å²) < 4.78 is 5.79. The Balaban J connectivity index is 2.51. The summed E-state index contributed by atoms with van der Waals surface area (Å²) in [5.41, 5.74) is 7.26. The van der Waals surface area contributed by atoms with E-state index in [2.05, 4.69) is 15.3 Å². The Morgan fingerprint density at radius 1 is 1.21 bits per heavy atom. The maximum atomic E-state index is 12.5. The van der Waals surface area contributed by atoms with E-state index in [0.29, 0.717) is 47.8 Å². The van der Waals surface area contributed by atoms with Crippen LogP contribution in [0.1, 0.15) is 44.9 Å². The standard InChI is InChI=1S/C20H26N4O4/c1-4-9-28-16-8-7-12(22-18(26)11-17(21)25)10-14(16)19-23-15(6-3)13(5-2)20(27)24-19/h7-8,10H,4-6,9,11H2,1-3H3,(H2,21,25)(H,22,26)(H,23,24,27). The molecule has 0 fully saturated rings. The third kappa shape index (κ3) is 5.18. The lowest BCUT2D eigenvalue weighted by Crippen LogP contribution is -2.21. The first-order valence-corrected chi connectivity index (χ1v) is 9.36. The number of aryl methyl sites for hydroxylation is 1. The highest BCUT2D eigenvalue weighted by molar-refractivity contribution is 6.03. The highest BCUT2D eigenvalue weighted by Crippen LogP contribution is 2.31. The number of nitrogens with two attached hydrogens (primary N) is 1. The minimum absolute atomic E-state index is 0.186. The third-order valence-electron chi connectivity index (χ3n) is 4.10. The van der Waals surface area contributed by atoms with Crippen LogP contribution in [0, 0.1) is 0 Å². The second-order valence-electron chi connectivity index (χ2n) is 6.30. The highest BCUT2D eigenvalue weighted by Gasteiger charge is 2.15. The normalized spacial score (nSPS) is 10.5. The largest absolute Gasteiger partial charge is 0.493 e. The fourth-order valence-electron chi connectivity index (χ4n) is 2.82. The molecule has 1 heterocycles. The van der Waals surface area contributed by atoms with Crippen LogP contribution < -0.4 is 21.3 Å². The fraction of sp³-hybridized carbons (Fsp3) is 0.400. The molecule has 0 atom stereocenters. The van der Waals surface area contributed by atoms with Crippen molar-refractivity contribution in [2.75, 3.05) is 11.9 Å². The number of aromatic amines is 1. The molecule has 2 aromatic rings. The molecule has 4 N–H and O–H groups in total. The number of hydrogen-bond acceptors (Lipinski definition) is 5. The Bertz CT molecular complexity index is 921. The van der Waals surface area contributed by atoms with Gasteiger partial charge >= 0.3 is 0 Å². The van der Waals surface area contributed by atoms with E-state index in [0.717, 1.165) is 12.1 Å². The third-order valence-corrected chi connectivity index (χ3v) is 4.10. The second kappa shape index (κ2) is 9.68. The van der Waals surface area contributed by atoms with Crippen LogP contribution in [-0.2, 0) is 22.4 Å². The van der Waals surface area contributed by atoms with Gasteiger partial charge in [-0.05, 0) is 37.5 Å². The molecule has 150 valence electrons. The lowest BCUT2D eigenvalue weighted by Gasteiger charge is -2.14. The fourth-order valence-corrected chi connectivity index (χ4v) is 2.82. The number of aromatic nitrogens is 2. The van der Waals surface area contributed by atoms with Gasteiger partial charge in [0.2, 0.25) is 11.8 Å². The quantitative estimate of drug-likeness (QED) is 0.569. The summed E-state index contributed by atoms with van der Waals surface area (Å²) >= 11 is 0. The number of H-pyrrole nitrogens is 1. The Labute approximate surface area is 163 Å². The van der Waals surface area contributed by atoms with Crippen molar-refractivity contribution in [2.24, 2.45) is 5.73 Å². The first kappa shape index (κ1) is 21.1. The second-order valence-corrected chi connectivity index (χ2v) is 6.30. The molecule has 0 aliphatic carbocycles. The number of primary amides is 1. The number of carbonyl (C=O) groups excluding carboxylic acids is 2. The Kier molecular flexibility index (Phi) is 7.31. The van der Waals surface area contributed by atoms with Gasteiger partial charge < -0.3 is 20.8 Å². The molecular weight excluding hydrogens is 360 g/mol. The molecule has 0 aliphatic heterocycles. The van der Waals surface area contributed by atoms with Gasteiger partial charge in [0.15, 0.2) is 0 Å². The number of hydrogen-bond donors (Lipinski definition) is 3. The molecule has 28 heavy (non-hydrogen) atoms. The molecule has 0 spiro atoms. The molecule has 1 aromatic carbocycles. The summed E-state index contributed by atoms with van der Waals surface area (Å²) in [4.78, 5) is 42.7. The van der Waals surface area contributed by atoms with Crippen molar-refractivity contribution in [3.8, 4) is 17.1 Å². The lowest BCUT2D eigenvalue weighted by atomic mass is 10.1. The van der Waals surface area contributed by atoms with E-state index in [1.165, 1.54) is 0 Å². The van der Waals surface area contributed by atoms with Gasteiger partial charge in [0.1, 0.15) is 18.0 Å². The van der Waals surface area contributed by atoms with Crippen LogP contribution in [0.15, 0.2) is 23.0 Å². The smallest absolute Gasteiger partial charge is 0.254 e. The predicted octanol–water partition coefficient (Wildman–Crippen LogP) is 2.16. The zero-order valence-corrected chi connectivity index (χ0v) is 16.4. The minimum Gasteiger partial charge on any atom is -0.493 e. The van der Waals surface area contributed by atoms with E-state index in [1.54, 1.807) is 18.2 Å². The van der Waals surface area contributed by atoms with Crippen molar-refractivity contribution in [2.45, 2.75) is 46.5 Å². The molecule has 0 aliphatic rings. The first-order chi connectivity index (χ1) is 13.4. The molecule has 8 heteroatoms. The average Bonchev–Trinajstić information content (AvgIpc) is 2.65. The number of carbonyl (C=O) groups is 2. The first-order valence-electron chi connectivity index (χ1n) is 9.36. The van der Waals surface area contributed by atoms with Crippen LogP contribution in [0.2, 0.25) is 0 Å². The molecule has 1 aromatic heterocycles. The molecule has 2 amide bonds. The van der Waals surface area contributed by atoms with E-state index in [4.69, 9.17) is 10.5 Å². The number of rotatable bonds is 9. The van der Waals surface area contributed by atoms with Crippen LogP contribution in [-0.4, -0.2) is 28.4 Å². The Hall–Kier alpha value is -3.16. The van der Waals surface area contributed by atoms with Gasteiger partial charge in [0.25, 0.3) is 5.56 Å². The van der Waals surface area contributed by atoms with Crippen molar-refractivity contribution in [3.63, 3.8) is 0 Å². The number of benzene rings is 1. The van der Waals surface area contributed by atoms with Gasteiger partial charge in [-0.25, -0.2) is 4.98 Å². The van der Waals surface area contributed by atoms with E-state index >= 15 is 0 Å². The van der Waals surface area contributed by atoms with Gasteiger partial charge in [-0.1, -0.05) is 20.8 Å². The predicted molar refractivity (Wildman–Crippen MR) is 107 cm³/mol. The van der Waals surface area contributed by atoms with Crippen molar-refractivity contribution < 1.29 is 14.3 Å². The summed E-state index contributed by atoms with van der Waals surface area (Å²) in [6, 6.07) is 5.02. The number of amides is 2. The Morgan fingerprint density at radius 3 is 2.57 bits per heavy atom. The van der Waals surface area contributed by atoms with Crippen molar-refractivity contribution in [1.29, 1.82) is 0 Å². The van der Waals surface area contributed by atoms with Gasteiger partial charge in [0, 0.05) is 11.3 Å². The maximum Gasteiger partial charge on any atom is 0.254 e. The zero-order valence-electron chi connectivity index (χ0n) is 16.4. The van der Waals surface area contributed by atoms with E-state index in [1.807, 2.05) is 20.8 Å².